The number of hydrogen-bond acceptors (Lipinski definition) is 5. The fourth-order valence-electron chi connectivity index (χ4n) is 6.53. The SMILES string of the molecule is N#CC1CCCN1C(=O)C(N)CN1C[C@@H]2CC1C(=O)N2C1c2ccccc2Cc2ccccc21. The lowest BCUT2D eigenvalue weighted by molar-refractivity contribution is -0.140. The number of benzene rings is 2. The standard InChI is InChI=1S/C27H29N5O2/c28-14-19-8-5-11-31(19)26(33)23(29)16-30-15-20-13-24(30)27(34)32(20)25-21-9-3-1-6-17(21)12-18-7-2-4-10-22(18)25/h1-4,6-7,9-10,19-20,23-25H,5,8,11-13,15-16,29H2/t19?,20-,23?,24?/m0/s1. The van der Waals surface area contributed by atoms with Gasteiger partial charge >= 0.3 is 0 Å². The molecule has 2 amide bonds. The molecule has 0 aromatic heterocycles. The van der Waals surface area contributed by atoms with Gasteiger partial charge in [0.2, 0.25) is 11.8 Å². The number of carbonyl (C=O) groups is 2. The van der Waals surface area contributed by atoms with E-state index in [0.717, 1.165) is 25.8 Å². The van der Waals surface area contributed by atoms with Gasteiger partial charge in [0.25, 0.3) is 0 Å². The monoisotopic (exact) mass is 455 g/mol. The molecular weight excluding hydrogens is 426 g/mol. The van der Waals surface area contributed by atoms with Crippen LogP contribution in [0.25, 0.3) is 0 Å². The van der Waals surface area contributed by atoms with E-state index in [1.165, 1.54) is 22.3 Å². The van der Waals surface area contributed by atoms with Gasteiger partial charge in [-0.15, -0.1) is 0 Å². The summed E-state index contributed by atoms with van der Waals surface area (Å²) in [4.78, 5) is 32.4. The first-order valence-electron chi connectivity index (χ1n) is 12.2. The first-order valence-corrected chi connectivity index (χ1v) is 12.2. The van der Waals surface area contributed by atoms with Crippen LogP contribution in [0.4, 0.5) is 0 Å². The maximum Gasteiger partial charge on any atom is 0.241 e. The van der Waals surface area contributed by atoms with Crippen LogP contribution < -0.4 is 5.73 Å². The minimum absolute atomic E-state index is 0.0675. The number of nitrogens with zero attached hydrogens (tertiary/aromatic N) is 4. The predicted octanol–water partition coefficient (Wildman–Crippen LogP) is 1.81. The van der Waals surface area contributed by atoms with E-state index in [9.17, 15) is 14.9 Å². The summed E-state index contributed by atoms with van der Waals surface area (Å²) in [6, 6.07) is 17.8. The Kier molecular flexibility index (Phi) is 5.16. The second kappa shape index (κ2) is 8.23. The highest BCUT2D eigenvalue weighted by Gasteiger charge is 2.53. The summed E-state index contributed by atoms with van der Waals surface area (Å²) in [5.74, 6) is -0.0465. The number of piperazine rings is 1. The molecular formula is C27H29N5O2. The van der Waals surface area contributed by atoms with Crippen molar-refractivity contribution in [2.24, 2.45) is 5.73 Å². The zero-order valence-corrected chi connectivity index (χ0v) is 19.1. The maximum atomic E-state index is 13.7. The van der Waals surface area contributed by atoms with Gasteiger partial charge in [-0.3, -0.25) is 14.5 Å². The van der Waals surface area contributed by atoms with Crippen molar-refractivity contribution in [2.75, 3.05) is 19.6 Å². The molecule has 6 rings (SSSR count). The number of amides is 2. The number of likely N-dealkylation sites (tertiary alicyclic amines) is 3. The molecule has 1 aliphatic carbocycles. The Morgan fingerprint density at radius 2 is 1.79 bits per heavy atom. The third kappa shape index (κ3) is 3.24. The largest absolute Gasteiger partial charge is 0.326 e. The molecule has 4 atom stereocenters. The van der Waals surface area contributed by atoms with Gasteiger partial charge in [0.15, 0.2) is 0 Å². The van der Waals surface area contributed by atoms with Gasteiger partial charge in [-0.2, -0.15) is 5.26 Å². The topological polar surface area (TPSA) is 93.7 Å². The van der Waals surface area contributed by atoms with Crippen LogP contribution in [0.2, 0.25) is 0 Å². The second-order valence-electron chi connectivity index (χ2n) is 10.0. The normalized spacial score (nSPS) is 26.9. The molecule has 0 saturated carbocycles. The summed E-state index contributed by atoms with van der Waals surface area (Å²) in [5, 5.41) is 9.32. The molecule has 0 radical (unpaired) electrons. The van der Waals surface area contributed by atoms with Crippen LogP contribution in [0.15, 0.2) is 48.5 Å². The molecule has 7 nitrogen and oxygen atoms in total. The van der Waals surface area contributed by atoms with Crippen LogP contribution in [-0.4, -0.2) is 70.3 Å². The van der Waals surface area contributed by atoms with Crippen molar-refractivity contribution in [1.82, 2.24) is 14.7 Å². The van der Waals surface area contributed by atoms with Gasteiger partial charge < -0.3 is 15.5 Å². The number of carbonyl (C=O) groups excluding carboxylic acids is 2. The summed E-state index contributed by atoms with van der Waals surface area (Å²) < 4.78 is 0. The third-order valence-electron chi connectivity index (χ3n) is 8.11. The molecule has 174 valence electrons. The van der Waals surface area contributed by atoms with E-state index in [-0.39, 0.29) is 36.0 Å². The third-order valence-corrected chi connectivity index (χ3v) is 8.11. The molecule has 2 bridgehead atoms. The van der Waals surface area contributed by atoms with E-state index < -0.39 is 6.04 Å². The Morgan fingerprint density at radius 1 is 1.12 bits per heavy atom. The lowest BCUT2D eigenvalue weighted by Crippen LogP contribution is -2.57. The van der Waals surface area contributed by atoms with E-state index in [1.807, 2.05) is 0 Å². The van der Waals surface area contributed by atoms with E-state index in [2.05, 4.69) is 64.4 Å². The highest BCUT2D eigenvalue weighted by Crippen LogP contribution is 2.45. The average Bonchev–Trinajstić information content (AvgIpc) is 3.57. The van der Waals surface area contributed by atoms with Crippen molar-refractivity contribution in [3.8, 4) is 6.07 Å². The first kappa shape index (κ1) is 21.3. The molecule has 34 heavy (non-hydrogen) atoms. The van der Waals surface area contributed by atoms with Crippen molar-refractivity contribution in [3.05, 3.63) is 70.8 Å². The summed E-state index contributed by atoms with van der Waals surface area (Å²) in [6.45, 7) is 1.66. The molecule has 3 heterocycles. The van der Waals surface area contributed by atoms with Crippen molar-refractivity contribution in [3.63, 3.8) is 0 Å². The molecule has 2 aromatic carbocycles. The highest BCUT2D eigenvalue weighted by atomic mass is 16.2. The van der Waals surface area contributed by atoms with Gasteiger partial charge in [-0.25, -0.2) is 0 Å². The van der Waals surface area contributed by atoms with Gasteiger partial charge in [-0.1, -0.05) is 48.5 Å². The number of rotatable bonds is 4. The minimum atomic E-state index is -0.717. The van der Waals surface area contributed by atoms with Crippen LogP contribution in [0.3, 0.4) is 0 Å². The van der Waals surface area contributed by atoms with Gasteiger partial charge in [0.1, 0.15) is 6.04 Å². The molecule has 2 N–H and O–H groups in total. The number of hydrogen-bond donors (Lipinski definition) is 1. The molecule has 0 spiro atoms. The van der Waals surface area contributed by atoms with Gasteiger partial charge in [0, 0.05) is 25.7 Å². The molecule has 2 aromatic rings. The van der Waals surface area contributed by atoms with Crippen molar-refractivity contribution in [2.45, 2.75) is 55.9 Å². The molecule has 7 heteroatoms. The number of nitrogens with two attached hydrogens (primary N) is 1. The Bertz CT molecular complexity index is 1140. The van der Waals surface area contributed by atoms with E-state index in [0.29, 0.717) is 19.5 Å². The second-order valence-corrected chi connectivity index (χ2v) is 10.0. The van der Waals surface area contributed by atoms with Crippen LogP contribution in [-0.2, 0) is 16.0 Å². The fourth-order valence-corrected chi connectivity index (χ4v) is 6.53. The van der Waals surface area contributed by atoms with Crippen LogP contribution in [0.1, 0.15) is 47.6 Å². The van der Waals surface area contributed by atoms with E-state index >= 15 is 0 Å². The van der Waals surface area contributed by atoms with Crippen molar-refractivity contribution < 1.29 is 9.59 Å². The number of nitriles is 1. The Balaban J connectivity index is 1.22. The van der Waals surface area contributed by atoms with Crippen molar-refractivity contribution in [1.29, 1.82) is 5.26 Å². The Morgan fingerprint density at radius 3 is 2.44 bits per heavy atom. The summed E-state index contributed by atoms with van der Waals surface area (Å²) in [7, 11) is 0. The van der Waals surface area contributed by atoms with Crippen LogP contribution in [0.5, 0.6) is 0 Å². The summed E-state index contributed by atoms with van der Waals surface area (Å²) in [5.41, 5.74) is 11.3. The predicted molar refractivity (Wildman–Crippen MR) is 126 cm³/mol. The molecule has 3 unspecified atom stereocenters. The highest BCUT2D eigenvalue weighted by molar-refractivity contribution is 5.87. The van der Waals surface area contributed by atoms with Crippen LogP contribution in [0, 0.1) is 11.3 Å². The maximum absolute atomic E-state index is 13.7. The van der Waals surface area contributed by atoms with Crippen LogP contribution >= 0.6 is 0 Å². The summed E-state index contributed by atoms with van der Waals surface area (Å²) >= 11 is 0. The molecule has 3 saturated heterocycles. The molecule has 4 aliphatic rings. The lowest BCUT2D eigenvalue weighted by Gasteiger charge is -2.42. The molecule has 3 fully saturated rings. The Hall–Kier alpha value is -3.21. The Labute approximate surface area is 199 Å². The first-order chi connectivity index (χ1) is 16.6. The smallest absolute Gasteiger partial charge is 0.241 e. The summed E-state index contributed by atoms with van der Waals surface area (Å²) in [6.07, 6.45) is 3.21. The number of fused-ring (bicyclic) bond motifs is 4. The van der Waals surface area contributed by atoms with E-state index in [1.54, 1.807) is 4.90 Å². The average molecular weight is 456 g/mol. The van der Waals surface area contributed by atoms with E-state index in [4.69, 9.17) is 5.73 Å². The van der Waals surface area contributed by atoms with Gasteiger partial charge in [-0.05, 0) is 47.9 Å². The fraction of sp³-hybridized carbons (Fsp3) is 0.444. The minimum Gasteiger partial charge on any atom is -0.326 e. The van der Waals surface area contributed by atoms with Crippen molar-refractivity contribution >= 4 is 11.8 Å². The zero-order chi connectivity index (χ0) is 23.4. The molecule has 3 aliphatic heterocycles. The lowest BCUT2D eigenvalue weighted by atomic mass is 9.81. The van der Waals surface area contributed by atoms with Gasteiger partial charge in [0.05, 0.1) is 24.2 Å². The zero-order valence-electron chi connectivity index (χ0n) is 19.1. The quantitative estimate of drug-likeness (QED) is 0.759.